The summed E-state index contributed by atoms with van der Waals surface area (Å²) in [6.45, 7) is 0. The number of nitrogen functional groups attached to an aromatic ring is 1. The molecule has 0 fully saturated rings. The molecule has 2 N–H and O–H groups in total. The summed E-state index contributed by atoms with van der Waals surface area (Å²) < 4.78 is 0. The van der Waals surface area contributed by atoms with Crippen LogP contribution in [0.4, 0.5) is 17.1 Å². The number of nitrogens with two attached hydrogens (primary N) is 1. The second-order valence-corrected chi connectivity index (χ2v) is 9.11. The van der Waals surface area contributed by atoms with E-state index in [0.29, 0.717) is 15.7 Å². The fourth-order valence-electron chi connectivity index (χ4n) is 4.09. The number of nitrogens with zero attached hydrogens (tertiary/aromatic N) is 2. The van der Waals surface area contributed by atoms with Crippen molar-refractivity contribution in [2.75, 3.05) is 10.7 Å². The van der Waals surface area contributed by atoms with Crippen LogP contribution in [0.15, 0.2) is 126 Å². The second kappa shape index (κ2) is 10.7. The molecule has 0 unspecified atom stereocenters. The molecule has 5 rings (SSSR count). The molecule has 0 bridgehead atoms. The van der Waals surface area contributed by atoms with Gasteiger partial charge in [0.1, 0.15) is 0 Å². The standard InChI is InChI=1S/C31H23Cl2N3/c32-25-16-11-22(12-17-25)29-20-15-24(31(34)30(29)23-13-18-26(33)19-14-23)21-35-36(27-7-3-1-4-8-27)28-9-5-2-6-10-28/h1-21H,34H2. The van der Waals surface area contributed by atoms with Crippen molar-refractivity contribution in [2.24, 2.45) is 5.10 Å². The topological polar surface area (TPSA) is 41.6 Å². The normalized spacial score (nSPS) is 11.1. The van der Waals surface area contributed by atoms with Gasteiger partial charge in [-0.05, 0) is 65.2 Å². The molecular weight excluding hydrogens is 485 g/mol. The number of anilines is 3. The fourth-order valence-corrected chi connectivity index (χ4v) is 4.34. The SMILES string of the molecule is Nc1c(C=NN(c2ccccc2)c2ccccc2)ccc(-c2ccc(Cl)cc2)c1-c1ccc(Cl)cc1. The van der Waals surface area contributed by atoms with E-state index in [1.54, 1.807) is 6.21 Å². The molecule has 36 heavy (non-hydrogen) atoms. The van der Waals surface area contributed by atoms with Gasteiger partial charge in [0.05, 0.1) is 17.6 Å². The van der Waals surface area contributed by atoms with E-state index in [1.807, 2.05) is 120 Å². The van der Waals surface area contributed by atoms with E-state index in [4.69, 9.17) is 34.0 Å². The summed E-state index contributed by atoms with van der Waals surface area (Å²) in [5.41, 5.74) is 14.1. The number of hydrazone groups is 1. The maximum atomic E-state index is 6.82. The monoisotopic (exact) mass is 507 g/mol. The molecule has 0 saturated heterocycles. The third-order valence-corrected chi connectivity index (χ3v) is 6.39. The maximum Gasteiger partial charge on any atom is 0.0652 e. The largest absolute Gasteiger partial charge is 0.398 e. The third-order valence-electron chi connectivity index (χ3n) is 5.88. The number of halogens is 2. The average molecular weight is 508 g/mol. The highest BCUT2D eigenvalue weighted by atomic mass is 35.5. The maximum absolute atomic E-state index is 6.82. The van der Waals surface area contributed by atoms with Gasteiger partial charge in [-0.1, -0.05) is 96.0 Å². The van der Waals surface area contributed by atoms with Crippen LogP contribution in [0.2, 0.25) is 10.0 Å². The van der Waals surface area contributed by atoms with Crippen LogP contribution in [0.1, 0.15) is 5.56 Å². The van der Waals surface area contributed by atoms with E-state index in [9.17, 15) is 0 Å². The van der Waals surface area contributed by atoms with Crippen LogP contribution in [-0.2, 0) is 0 Å². The van der Waals surface area contributed by atoms with Gasteiger partial charge in [0, 0.05) is 26.9 Å². The van der Waals surface area contributed by atoms with Crippen LogP contribution >= 0.6 is 23.2 Å². The highest BCUT2D eigenvalue weighted by Gasteiger charge is 2.15. The molecule has 3 nitrogen and oxygen atoms in total. The molecule has 0 heterocycles. The van der Waals surface area contributed by atoms with Crippen molar-refractivity contribution in [2.45, 2.75) is 0 Å². The summed E-state index contributed by atoms with van der Waals surface area (Å²) in [5, 5.41) is 8.10. The van der Waals surface area contributed by atoms with Crippen LogP contribution in [-0.4, -0.2) is 6.21 Å². The van der Waals surface area contributed by atoms with Crippen LogP contribution < -0.4 is 10.7 Å². The first-order valence-corrected chi connectivity index (χ1v) is 12.2. The van der Waals surface area contributed by atoms with Gasteiger partial charge in [0.25, 0.3) is 0 Å². The first kappa shape index (κ1) is 23.7. The van der Waals surface area contributed by atoms with Crippen molar-refractivity contribution < 1.29 is 0 Å². The molecule has 0 aliphatic carbocycles. The van der Waals surface area contributed by atoms with Gasteiger partial charge < -0.3 is 5.73 Å². The minimum atomic E-state index is 0.634. The second-order valence-electron chi connectivity index (χ2n) is 8.23. The zero-order valence-electron chi connectivity index (χ0n) is 19.4. The Hall–Kier alpha value is -4.05. The Bertz CT molecular complexity index is 1440. The Kier molecular flexibility index (Phi) is 7.03. The number of benzene rings is 5. The Balaban J connectivity index is 1.62. The summed E-state index contributed by atoms with van der Waals surface area (Å²) in [6, 6.07) is 39.6. The highest BCUT2D eigenvalue weighted by molar-refractivity contribution is 6.31. The molecule has 0 aromatic heterocycles. The zero-order valence-corrected chi connectivity index (χ0v) is 20.9. The summed E-state index contributed by atoms with van der Waals surface area (Å²) >= 11 is 12.3. The average Bonchev–Trinajstić information content (AvgIpc) is 2.92. The summed E-state index contributed by atoms with van der Waals surface area (Å²) in [5.74, 6) is 0. The van der Waals surface area contributed by atoms with Gasteiger partial charge in [-0.2, -0.15) is 5.10 Å². The lowest BCUT2D eigenvalue weighted by Gasteiger charge is -2.20. The third kappa shape index (κ3) is 5.13. The molecule has 0 atom stereocenters. The fraction of sp³-hybridized carbons (Fsp3) is 0. The molecule has 5 aromatic carbocycles. The molecular formula is C31H23Cl2N3. The van der Waals surface area contributed by atoms with E-state index in [2.05, 4.69) is 6.07 Å². The number of para-hydroxylation sites is 2. The number of hydrogen-bond acceptors (Lipinski definition) is 3. The van der Waals surface area contributed by atoms with Crippen molar-refractivity contribution >= 4 is 46.5 Å². The molecule has 0 radical (unpaired) electrons. The molecule has 176 valence electrons. The van der Waals surface area contributed by atoms with Gasteiger partial charge >= 0.3 is 0 Å². The van der Waals surface area contributed by atoms with Crippen LogP contribution in [0.5, 0.6) is 0 Å². The molecule has 0 amide bonds. The molecule has 0 aliphatic heterocycles. The van der Waals surface area contributed by atoms with E-state index in [1.165, 1.54) is 0 Å². The van der Waals surface area contributed by atoms with Crippen LogP contribution in [0.25, 0.3) is 22.3 Å². The number of rotatable bonds is 6. The van der Waals surface area contributed by atoms with Crippen molar-refractivity contribution in [3.05, 3.63) is 137 Å². The summed E-state index contributed by atoms with van der Waals surface area (Å²) in [7, 11) is 0. The van der Waals surface area contributed by atoms with E-state index in [-0.39, 0.29) is 0 Å². The quantitative estimate of drug-likeness (QED) is 0.141. The highest BCUT2D eigenvalue weighted by Crippen LogP contribution is 2.39. The van der Waals surface area contributed by atoms with E-state index in [0.717, 1.165) is 39.2 Å². The first-order valence-electron chi connectivity index (χ1n) is 11.5. The lowest BCUT2D eigenvalue weighted by molar-refractivity contribution is 1.09. The van der Waals surface area contributed by atoms with E-state index < -0.39 is 0 Å². The zero-order chi connectivity index (χ0) is 24.9. The van der Waals surface area contributed by atoms with Gasteiger partial charge in [0.15, 0.2) is 0 Å². The van der Waals surface area contributed by atoms with Crippen molar-refractivity contribution in [3.8, 4) is 22.3 Å². The Morgan fingerprint density at radius 2 is 1.08 bits per heavy atom. The minimum absolute atomic E-state index is 0.634. The molecule has 5 aromatic rings. The minimum Gasteiger partial charge on any atom is -0.398 e. The molecule has 0 saturated carbocycles. The van der Waals surface area contributed by atoms with Crippen molar-refractivity contribution in [1.82, 2.24) is 0 Å². The van der Waals surface area contributed by atoms with Crippen molar-refractivity contribution in [1.29, 1.82) is 0 Å². The molecule has 0 spiro atoms. The predicted molar refractivity (Wildman–Crippen MR) is 154 cm³/mol. The lowest BCUT2D eigenvalue weighted by atomic mass is 9.91. The van der Waals surface area contributed by atoms with Crippen LogP contribution in [0.3, 0.4) is 0 Å². The lowest BCUT2D eigenvalue weighted by Crippen LogP contribution is -2.10. The summed E-state index contributed by atoms with van der Waals surface area (Å²) in [6.07, 6.45) is 1.81. The predicted octanol–water partition coefficient (Wildman–Crippen LogP) is 9.08. The Morgan fingerprint density at radius 1 is 0.583 bits per heavy atom. The molecule has 0 aliphatic rings. The van der Waals surface area contributed by atoms with Gasteiger partial charge in [-0.3, -0.25) is 0 Å². The summed E-state index contributed by atoms with van der Waals surface area (Å²) in [4.78, 5) is 0. The smallest absolute Gasteiger partial charge is 0.0652 e. The van der Waals surface area contributed by atoms with Gasteiger partial charge in [-0.15, -0.1) is 0 Å². The van der Waals surface area contributed by atoms with Crippen LogP contribution in [0, 0.1) is 0 Å². The first-order chi connectivity index (χ1) is 17.6. The van der Waals surface area contributed by atoms with Crippen molar-refractivity contribution in [3.63, 3.8) is 0 Å². The Labute approximate surface area is 221 Å². The van der Waals surface area contributed by atoms with E-state index >= 15 is 0 Å². The number of hydrogen-bond donors (Lipinski definition) is 1. The Morgan fingerprint density at radius 3 is 1.61 bits per heavy atom. The molecule has 5 heteroatoms. The van der Waals surface area contributed by atoms with Gasteiger partial charge in [0.2, 0.25) is 0 Å². The van der Waals surface area contributed by atoms with Gasteiger partial charge in [-0.25, -0.2) is 5.01 Å².